The Morgan fingerprint density at radius 3 is 2.80 bits per heavy atom. The molecule has 6 nitrogen and oxygen atoms in total. The predicted molar refractivity (Wildman–Crippen MR) is 101 cm³/mol. The van der Waals surface area contributed by atoms with E-state index in [-0.39, 0.29) is 5.56 Å². The maximum Gasteiger partial charge on any atom is 0.263 e. The maximum atomic E-state index is 13.1. The lowest BCUT2D eigenvalue weighted by Gasteiger charge is -2.14. The maximum absolute atomic E-state index is 13.1. The van der Waals surface area contributed by atoms with E-state index in [0.717, 1.165) is 16.1 Å². The van der Waals surface area contributed by atoms with Crippen LogP contribution in [-0.2, 0) is 11.3 Å². The summed E-state index contributed by atoms with van der Waals surface area (Å²) in [6.45, 7) is 5.91. The van der Waals surface area contributed by atoms with Crippen molar-refractivity contribution in [2.75, 3.05) is 0 Å². The van der Waals surface area contributed by atoms with E-state index >= 15 is 0 Å². The highest BCUT2D eigenvalue weighted by atomic mass is 32.2. The minimum absolute atomic E-state index is 0.114. The van der Waals surface area contributed by atoms with Crippen LogP contribution in [0.2, 0.25) is 0 Å². The number of thioether (sulfide) groups is 1. The minimum Gasteiger partial charge on any atom is -0.369 e. The topological polar surface area (TPSA) is 90.9 Å². The van der Waals surface area contributed by atoms with Crippen LogP contribution >= 0.6 is 23.1 Å². The number of carbonyl (C=O) groups is 1. The molecule has 3 aromatic heterocycles. The largest absolute Gasteiger partial charge is 0.369 e. The molecule has 0 saturated carbocycles. The van der Waals surface area contributed by atoms with E-state index in [9.17, 15) is 9.59 Å². The van der Waals surface area contributed by atoms with Crippen LogP contribution in [0.5, 0.6) is 0 Å². The fourth-order valence-electron chi connectivity index (χ4n) is 2.41. The Hall–Kier alpha value is -2.19. The molecular weight excluding hydrogens is 356 g/mol. The number of aryl methyl sites for hydroxylation is 2. The summed E-state index contributed by atoms with van der Waals surface area (Å²) in [5.74, 6) is -0.442. The molecular formula is C17H18N4O2S2. The molecule has 0 aliphatic rings. The first-order valence-corrected chi connectivity index (χ1v) is 9.44. The number of hydrogen-bond donors (Lipinski definition) is 1. The van der Waals surface area contributed by atoms with Crippen LogP contribution < -0.4 is 11.3 Å². The summed E-state index contributed by atoms with van der Waals surface area (Å²) >= 11 is 2.69. The van der Waals surface area contributed by atoms with E-state index in [2.05, 4.69) is 9.97 Å². The zero-order chi connectivity index (χ0) is 18.1. The molecule has 0 radical (unpaired) electrons. The lowest BCUT2D eigenvalue weighted by Crippen LogP contribution is -2.27. The Kier molecular flexibility index (Phi) is 4.91. The Morgan fingerprint density at radius 2 is 2.16 bits per heavy atom. The highest BCUT2D eigenvalue weighted by molar-refractivity contribution is 8.00. The van der Waals surface area contributed by atoms with E-state index in [1.165, 1.54) is 23.1 Å². The number of thiophene rings is 1. The van der Waals surface area contributed by atoms with Crippen LogP contribution in [0.3, 0.4) is 0 Å². The molecule has 130 valence electrons. The third-order valence-electron chi connectivity index (χ3n) is 3.98. The standard InChI is InChI=1S/C17H18N4O2S2/c1-9-10(2)24-15-13(9)16(23)21(8-12-6-4-5-7-19-12)17(20-15)25-11(3)14(18)22/h4-7,11H,8H2,1-3H3,(H2,18,22). The summed E-state index contributed by atoms with van der Waals surface area (Å²) in [6, 6.07) is 5.55. The molecule has 0 fully saturated rings. The molecule has 3 aromatic rings. The second-order valence-corrected chi connectivity index (χ2v) is 8.24. The number of carbonyl (C=O) groups excluding carboxylic acids is 1. The highest BCUT2D eigenvalue weighted by Gasteiger charge is 2.20. The van der Waals surface area contributed by atoms with Gasteiger partial charge in [0.1, 0.15) is 4.83 Å². The Labute approximate surface area is 153 Å². The van der Waals surface area contributed by atoms with Crippen molar-refractivity contribution in [3.05, 3.63) is 50.9 Å². The molecule has 2 N–H and O–H groups in total. The number of rotatable bonds is 5. The first-order valence-electron chi connectivity index (χ1n) is 7.75. The van der Waals surface area contributed by atoms with Crippen molar-refractivity contribution < 1.29 is 4.79 Å². The molecule has 3 heterocycles. The molecule has 0 saturated heterocycles. The molecule has 0 aromatic carbocycles. The van der Waals surface area contributed by atoms with E-state index < -0.39 is 11.2 Å². The average molecular weight is 374 g/mol. The van der Waals surface area contributed by atoms with Crippen molar-refractivity contribution in [2.24, 2.45) is 5.73 Å². The van der Waals surface area contributed by atoms with Gasteiger partial charge in [0.25, 0.3) is 5.56 Å². The number of primary amides is 1. The quantitative estimate of drug-likeness (QED) is 0.547. The van der Waals surface area contributed by atoms with Crippen molar-refractivity contribution in [1.29, 1.82) is 0 Å². The highest BCUT2D eigenvalue weighted by Crippen LogP contribution is 2.29. The summed E-state index contributed by atoms with van der Waals surface area (Å²) in [5.41, 5.74) is 6.97. The van der Waals surface area contributed by atoms with E-state index in [0.29, 0.717) is 21.9 Å². The van der Waals surface area contributed by atoms with Gasteiger partial charge in [0.15, 0.2) is 5.16 Å². The summed E-state index contributed by atoms with van der Waals surface area (Å²) in [5, 5.41) is 0.631. The molecule has 0 bridgehead atoms. The van der Waals surface area contributed by atoms with E-state index in [1.807, 2.05) is 32.0 Å². The van der Waals surface area contributed by atoms with Crippen molar-refractivity contribution in [2.45, 2.75) is 37.7 Å². The van der Waals surface area contributed by atoms with Gasteiger partial charge in [-0.25, -0.2) is 4.98 Å². The predicted octanol–water partition coefficient (Wildman–Crippen LogP) is 2.48. The number of hydrogen-bond acceptors (Lipinski definition) is 6. The Morgan fingerprint density at radius 1 is 1.40 bits per heavy atom. The SMILES string of the molecule is Cc1sc2nc(SC(C)C(N)=O)n(Cc3ccccn3)c(=O)c2c1C. The smallest absolute Gasteiger partial charge is 0.263 e. The van der Waals surface area contributed by atoms with Gasteiger partial charge in [0.2, 0.25) is 5.91 Å². The van der Waals surface area contributed by atoms with Crippen LogP contribution in [0.4, 0.5) is 0 Å². The number of nitrogens with two attached hydrogens (primary N) is 1. The van der Waals surface area contributed by atoms with Gasteiger partial charge in [-0.2, -0.15) is 0 Å². The molecule has 0 spiro atoms. The average Bonchev–Trinajstić information content (AvgIpc) is 2.86. The third-order valence-corrected chi connectivity index (χ3v) is 6.19. The summed E-state index contributed by atoms with van der Waals surface area (Å²) < 4.78 is 1.58. The fraction of sp³-hybridized carbons (Fsp3) is 0.294. The number of pyridine rings is 1. The first-order chi connectivity index (χ1) is 11.9. The zero-order valence-electron chi connectivity index (χ0n) is 14.1. The second-order valence-electron chi connectivity index (χ2n) is 5.73. The fourth-order valence-corrected chi connectivity index (χ4v) is 4.34. The van der Waals surface area contributed by atoms with Gasteiger partial charge in [-0.05, 0) is 38.5 Å². The van der Waals surface area contributed by atoms with Gasteiger partial charge < -0.3 is 5.73 Å². The lowest BCUT2D eigenvalue weighted by atomic mass is 10.2. The third kappa shape index (κ3) is 3.45. The van der Waals surface area contributed by atoms with E-state index in [1.54, 1.807) is 17.7 Å². The second kappa shape index (κ2) is 6.97. The molecule has 25 heavy (non-hydrogen) atoms. The first kappa shape index (κ1) is 17.6. The van der Waals surface area contributed by atoms with Crippen molar-refractivity contribution in [3.63, 3.8) is 0 Å². The molecule has 0 aliphatic heterocycles. The molecule has 0 aliphatic carbocycles. The minimum atomic E-state index is -0.485. The van der Waals surface area contributed by atoms with E-state index in [4.69, 9.17) is 5.73 Å². The van der Waals surface area contributed by atoms with Gasteiger partial charge in [0, 0.05) is 11.1 Å². The Bertz CT molecular complexity index is 995. The van der Waals surface area contributed by atoms with Crippen molar-refractivity contribution in [3.8, 4) is 0 Å². The number of fused-ring (bicyclic) bond motifs is 1. The van der Waals surface area contributed by atoms with Crippen LogP contribution in [0, 0.1) is 13.8 Å². The summed E-state index contributed by atoms with van der Waals surface area (Å²) in [6.07, 6.45) is 1.69. The van der Waals surface area contributed by atoms with Crippen LogP contribution in [0.15, 0.2) is 34.3 Å². The van der Waals surface area contributed by atoms with Gasteiger partial charge in [-0.3, -0.25) is 19.1 Å². The monoisotopic (exact) mass is 374 g/mol. The van der Waals surface area contributed by atoms with Crippen molar-refractivity contribution in [1.82, 2.24) is 14.5 Å². The molecule has 1 unspecified atom stereocenters. The Balaban J connectivity index is 2.19. The van der Waals surface area contributed by atoms with Crippen LogP contribution in [-0.4, -0.2) is 25.7 Å². The zero-order valence-corrected chi connectivity index (χ0v) is 15.8. The summed E-state index contributed by atoms with van der Waals surface area (Å²) in [7, 11) is 0. The van der Waals surface area contributed by atoms with Crippen molar-refractivity contribution >= 4 is 39.2 Å². The normalized spacial score (nSPS) is 12.4. The van der Waals surface area contributed by atoms with Crippen LogP contribution in [0.25, 0.3) is 10.2 Å². The molecule has 8 heteroatoms. The van der Waals surface area contributed by atoms with Gasteiger partial charge in [-0.1, -0.05) is 17.8 Å². The van der Waals surface area contributed by atoms with Crippen LogP contribution in [0.1, 0.15) is 23.1 Å². The molecule has 1 amide bonds. The van der Waals surface area contributed by atoms with Gasteiger partial charge >= 0.3 is 0 Å². The number of aromatic nitrogens is 3. The molecule has 3 rings (SSSR count). The number of amides is 1. The molecule has 1 atom stereocenters. The lowest BCUT2D eigenvalue weighted by molar-refractivity contribution is -0.117. The van der Waals surface area contributed by atoms with Gasteiger partial charge in [0.05, 0.1) is 22.9 Å². The summed E-state index contributed by atoms with van der Waals surface area (Å²) in [4.78, 5) is 35.3. The van der Waals surface area contributed by atoms with Gasteiger partial charge in [-0.15, -0.1) is 11.3 Å². The number of nitrogens with zero attached hydrogens (tertiary/aromatic N) is 3.